The molecule has 0 bridgehead atoms. The Morgan fingerprint density at radius 1 is 1.17 bits per heavy atom. The number of hydrogen-bond acceptors (Lipinski definition) is 4. The Morgan fingerprint density at radius 2 is 1.94 bits per heavy atom. The second kappa shape index (κ2) is 8.86. The molecule has 4 heteroatoms. The molecule has 0 aromatic rings. The highest BCUT2D eigenvalue weighted by molar-refractivity contribution is 4.77. The molecule has 0 saturated carbocycles. The summed E-state index contributed by atoms with van der Waals surface area (Å²) in [6.07, 6.45) is 3.95. The highest BCUT2D eigenvalue weighted by Gasteiger charge is 2.20. The SMILES string of the molecule is CN(C)CCCNCCN(C)C1CCCN(C)C1. The Hall–Kier alpha value is -0.160. The van der Waals surface area contributed by atoms with E-state index in [0.717, 1.165) is 19.1 Å². The second-order valence-corrected chi connectivity index (χ2v) is 5.95. The fraction of sp³-hybridized carbons (Fsp3) is 1.00. The van der Waals surface area contributed by atoms with Crippen LogP contribution in [0.1, 0.15) is 19.3 Å². The van der Waals surface area contributed by atoms with E-state index in [1.807, 2.05) is 0 Å². The van der Waals surface area contributed by atoms with E-state index < -0.39 is 0 Å². The molecule has 1 fully saturated rings. The first-order valence-corrected chi connectivity index (χ1v) is 7.34. The molecule has 1 saturated heterocycles. The zero-order valence-electron chi connectivity index (χ0n) is 12.8. The highest BCUT2D eigenvalue weighted by Crippen LogP contribution is 2.12. The summed E-state index contributed by atoms with van der Waals surface area (Å²) in [5.41, 5.74) is 0. The molecule has 18 heavy (non-hydrogen) atoms. The van der Waals surface area contributed by atoms with Crippen molar-refractivity contribution in [1.82, 2.24) is 20.0 Å². The Morgan fingerprint density at radius 3 is 2.61 bits per heavy atom. The third kappa shape index (κ3) is 6.69. The average Bonchev–Trinajstić information content (AvgIpc) is 2.33. The van der Waals surface area contributed by atoms with Crippen molar-refractivity contribution in [3.63, 3.8) is 0 Å². The van der Waals surface area contributed by atoms with Crippen molar-refractivity contribution in [1.29, 1.82) is 0 Å². The van der Waals surface area contributed by atoms with Crippen molar-refractivity contribution in [3.8, 4) is 0 Å². The third-order valence-corrected chi connectivity index (χ3v) is 3.82. The maximum atomic E-state index is 3.54. The average molecular weight is 256 g/mol. The summed E-state index contributed by atoms with van der Waals surface area (Å²) in [4.78, 5) is 7.22. The molecule has 0 amide bonds. The monoisotopic (exact) mass is 256 g/mol. The lowest BCUT2D eigenvalue weighted by Gasteiger charge is -2.35. The predicted molar refractivity (Wildman–Crippen MR) is 79.2 cm³/mol. The van der Waals surface area contributed by atoms with E-state index >= 15 is 0 Å². The fourth-order valence-corrected chi connectivity index (χ4v) is 2.58. The van der Waals surface area contributed by atoms with Crippen LogP contribution in [-0.4, -0.2) is 88.2 Å². The molecule has 0 aliphatic carbocycles. The molecule has 0 aromatic heterocycles. The first-order chi connectivity index (χ1) is 8.59. The number of likely N-dealkylation sites (tertiary alicyclic amines) is 1. The van der Waals surface area contributed by atoms with Gasteiger partial charge >= 0.3 is 0 Å². The molecule has 1 atom stereocenters. The van der Waals surface area contributed by atoms with Crippen LogP contribution in [-0.2, 0) is 0 Å². The molecule has 108 valence electrons. The van der Waals surface area contributed by atoms with Gasteiger partial charge in [0.2, 0.25) is 0 Å². The van der Waals surface area contributed by atoms with Gasteiger partial charge in [-0.25, -0.2) is 0 Å². The molecule has 0 radical (unpaired) electrons. The van der Waals surface area contributed by atoms with Crippen molar-refractivity contribution in [2.45, 2.75) is 25.3 Å². The highest BCUT2D eigenvalue weighted by atomic mass is 15.2. The number of likely N-dealkylation sites (N-methyl/N-ethyl adjacent to an activating group) is 2. The molecule has 1 unspecified atom stereocenters. The van der Waals surface area contributed by atoms with E-state index in [2.05, 4.69) is 48.2 Å². The largest absolute Gasteiger partial charge is 0.315 e. The molecule has 1 aliphatic rings. The zero-order chi connectivity index (χ0) is 13.4. The summed E-state index contributed by atoms with van der Waals surface area (Å²) >= 11 is 0. The minimum Gasteiger partial charge on any atom is -0.315 e. The van der Waals surface area contributed by atoms with Gasteiger partial charge in [-0.2, -0.15) is 0 Å². The number of nitrogens with zero attached hydrogens (tertiary/aromatic N) is 3. The standard InChI is InChI=1S/C14H32N4/c1-16(2)10-6-8-15-9-12-18(4)14-7-5-11-17(3)13-14/h14-15H,5-13H2,1-4H3. The third-order valence-electron chi connectivity index (χ3n) is 3.82. The zero-order valence-corrected chi connectivity index (χ0v) is 12.8. The molecular formula is C14H32N4. The number of rotatable bonds is 8. The summed E-state index contributed by atoms with van der Waals surface area (Å²) in [5, 5.41) is 3.54. The van der Waals surface area contributed by atoms with Crippen molar-refractivity contribution >= 4 is 0 Å². The van der Waals surface area contributed by atoms with Crippen LogP contribution in [0.2, 0.25) is 0 Å². The second-order valence-electron chi connectivity index (χ2n) is 5.95. The molecule has 1 N–H and O–H groups in total. The van der Waals surface area contributed by atoms with E-state index in [1.54, 1.807) is 0 Å². The minimum absolute atomic E-state index is 0.757. The Kier molecular flexibility index (Phi) is 7.82. The molecule has 0 spiro atoms. The van der Waals surface area contributed by atoms with Crippen LogP contribution in [0, 0.1) is 0 Å². The Bertz CT molecular complexity index is 208. The predicted octanol–water partition coefficient (Wildman–Crippen LogP) is 0.554. The van der Waals surface area contributed by atoms with Crippen molar-refractivity contribution in [3.05, 3.63) is 0 Å². The van der Waals surface area contributed by atoms with E-state index in [9.17, 15) is 0 Å². The molecule has 0 aromatic carbocycles. The normalized spacial score (nSPS) is 22.0. The van der Waals surface area contributed by atoms with Crippen LogP contribution < -0.4 is 5.32 Å². The van der Waals surface area contributed by atoms with Gasteiger partial charge in [-0.15, -0.1) is 0 Å². The summed E-state index contributed by atoms with van der Waals surface area (Å²) in [6.45, 7) is 7.10. The van der Waals surface area contributed by atoms with Crippen LogP contribution in [0.15, 0.2) is 0 Å². The van der Waals surface area contributed by atoms with Crippen molar-refractivity contribution in [2.24, 2.45) is 0 Å². The summed E-state index contributed by atoms with van der Waals surface area (Å²) < 4.78 is 0. The van der Waals surface area contributed by atoms with E-state index in [0.29, 0.717) is 0 Å². The molecular weight excluding hydrogens is 224 g/mol. The van der Waals surface area contributed by atoms with Crippen LogP contribution >= 0.6 is 0 Å². The number of nitrogens with one attached hydrogen (secondary N) is 1. The van der Waals surface area contributed by atoms with Gasteiger partial charge in [0.15, 0.2) is 0 Å². The van der Waals surface area contributed by atoms with Crippen LogP contribution in [0.5, 0.6) is 0 Å². The minimum atomic E-state index is 0.757. The number of hydrogen-bond donors (Lipinski definition) is 1. The fourth-order valence-electron chi connectivity index (χ4n) is 2.58. The Balaban J connectivity index is 2.00. The summed E-state index contributed by atoms with van der Waals surface area (Å²) in [6, 6.07) is 0.757. The maximum Gasteiger partial charge on any atom is 0.0221 e. The smallest absolute Gasteiger partial charge is 0.0221 e. The Labute approximate surface area is 113 Å². The van der Waals surface area contributed by atoms with Crippen molar-refractivity contribution in [2.75, 3.05) is 67.5 Å². The number of piperidine rings is 1. The quantitative estimate of drug-likeness (QED) is 0.640. The molecule has 1 aliphatic heterocycles. The summed E-state index contributed by atoms with van der Waals surface area (Å²) in [5.74, 6) is 0. The maximum absolute atomic E-state index is 3.54. The molecule has 1 heterocycles. The topological polar surface area (TPSA) is 21.8 Å². The first-order valence-electron chi connectivity index (χ1n) is 7.34. The van der Waals surface area contributed by atoms with Crippen LogP contribution in [0.25, 0.3) is 0 Å². The van der Waals surface area contributed by atoms with Gasteiger partial charge < -0.3 is 20.0 Å². The van der Waals surface area contributed by atoms with E-state index in [4.69, 9.17) is 0 Å². The molecule has 4 nitrogen and oxygen atoms in total. The van der Waals surface area contributed by atoms with Gasteiger partial charge in [-0.1, -0.05) is 0 Å². The van der Waals surface area contributed by atoms with E-state index in [-0.39, 0.29) is 0 Å². The molecule has 1 rings (SSSR count). The lowest BCUT2D eigenvalue weighted by Crippen LogP contribution is -2.46. The van der Waals surface area contributed by atoms with Gasteiger partial charge in [0, 0.05) is 25.7 Å². The van der Waals surface area contributed by atoms with Crippen LogP contribution in [0.4, 0.5) is 0 Å². The van der Waals surface area contributed by atoms with Crippen LogP contribution in [0.3, 0.4) is 0 Å². The summed E-state index contributed by atoms with van der Waals surface area (Å²) in [7, 11) is 8.77. The lowest BCUT2D eigenvalue weighted by atomic mass is 10.1. The lowest BCUT2D eigenvalue weighted by molar-refractivity contribution is 0.135. The van der Waals surface area contributed by atoms with Gasteiger partial charge in [0.1, 0.15) is 0 Å². The van der Waals surface area contributed by atoms with Crippen molar-refractivity contribution < 1.29 is 0 Å². The van der Waals surface area contributed by atoms with E-state index in [1.165, 1.54) is 45.4 Å². The van der Waals surface area contributed by atoms with Gasteiger partial charge in [-0.05, 0) is 67.1 Å². The van der Waals surface area contributed by atoms with Gasteiger partial charge in [0.25, 0.3) is 0 Å². The van der Waals surface area contributed by atoms with Gasteiger partial charge in [-0.3, -0.25) is 0 Å². The first kappa shape index (κ1) is 15.9. The van der Waals surface area contributed by atoms with Gasteiger partial charge in [0.05, 0.1) is 0 Å².